The Morgan fingerprint density at radius 2 is 1.84 bits per heavy atom. The van der Waals surface area contributed by atoms with E-state index in [4.69, 9.17) is 4.98 Å². The lowest BCUT2D eigenvalue weighted by Gasteiger charge is -2.33. The molecule has 5 heterocycles. The van der Waals surface area contributed by atoms with Gasteiger partial charge in [0.05, 0.1) is 17.8 Å². The minimum Gasteiger partial charge on any atom is -0.304 e. The molecule has 188 valence electrons. The molecule has 0 N–H and O–H groups in total. The molecule has 6 rings (SSSR count). The van der Waals surface area contributed by atoms with E-state index >= 15 is 4.39 Å². The van der Waals surface area contributed by atoms with Gasteiger partial charge in [0.15, 0.2) is 5.65 Å². The van der Waals surface area contributed by atoms with Crippen molar-refractivity contribution < 1.29 is 4.39 Å². The highest BCUT2D eigenvalue weighted by Crippen LogP contribution is 2.32. The van der Waals surface area contributed by atoms with Gasteiger partial charge in [-0.25, -0.2) is 19.3 Å². The van der Waals surface area contributed by atoms with Crippen molar-refractivity contribution in [3.63, 3.8) is 0 Å². The topological polar surface area (TPSA) is 86.8 Å². The van der Waals surface area contributed by atoms with Crippen molar-refractivity contribution >= 4 is 11.2 Å². The van der Waals surface area contributed by atoms with Crippen LogP contribution in [0.25, 0.3) is 22.6 Å². The summed E-state index contributed by atoms with van der Waals surface area (Å²) in [5, 5.41) is 9.36. The molecule has 2 saturated heterocycles. The molecule has 3 aromatic heterocycles. The van der Waals surface area contributed by atoms with Crippen LogP contribution in [0.15, 0.2) is 36.7 Å². The van der Waals surface area contributed by atoms with E-state index in [2.05, 4.69) is 37.7 Å². The Kier molecular flexibility index (Phi) is 5.94. The molecule has 0 saturated carbocycles. The Labute approximate surface area is 215 Å². The first-order valence-corrected chi connectivity index (χ1v) is 12.8. The molecular weight excluding hydrogens is 467 g/mol. The van der Waals surface area contributed by atoms with Crippen molar-refractivity contribution in [2.24, 2.45) is 0 Å². The standard InChI is InChI=1S/C28H29FN8/c1-4-35-15-24-9-23(35)16-36(24)13-19-5-6-21(25(29)8-19)14-37-27(22-7-20(10-30)11-31-12-22)34-26-17(2)32-18(3)33-28(26)37/h5-8,11-12,23-24H,4,9,13-16H2,1-3H3. The van der Waals surface area contributed by atoms with Crippen molar-refractivity contribution in [3.05, 3.63) is 70.7 Å². The highest BCUT2D eigenvalue weighted by molar-refractivity contribution is 5.79. The number of aryl methyl sites for hydroxylation is 2. The number of fused-ring (bicyclic) bond motifs is 3. The van der Waals surface area contributed by atoms with Gasteiger partial charge in [-0.3, -0.25) is 14.8 Å². The molecule has 0 aliphatic carbocycles. The van der Waals surface area contributed by atoms with Gasteiger partial charge >= 0.3 is 0 Å². The molecule has 0 radical (unpaired) electrons. The van der Waals surface area contributed by atoms with Gasteiger partial charge in [-0.15, -0.1) is 0 Å². The second kappa shape index (κ2) is 9.29. The summed E-state index contributed by atoms with van der Waals surface area (Å²) in [5.41, 5.74) is 4.71. The van der Waals surface area contributed by atoms with Crippen LogP contribution in [0.3, 0.4) is 0 Å². The first-order chi connectivity index (χ1) is 17.9. The van der Waals surface area contributed by atoms with Gasteiger partial charge in [-0.1, -0.05) is 19.1 Å². The second-order valence-electron chi connectivity index (χ2n) is 10.1. The number of likely N-dealkylation sites (tertiary alicyclic amines) is 2. The van der Waals surface area contributed by atoms with Crippen LogP contribution in [0, 0.1) is 31.0 Å². The van der Waals surface area contributed by atoms with Gasteiger partial charge in [0.1, 0.15) is 29.1 Å². The Bertz CT molecular complexity index is 1540. The van der Waals surface area contributed by atoms with Crippen molar-refractivity contribution in [1.29, 1.82) is 5.26 Å². The number of benzene rings is 1. The molecule has 2 unspecified atom stereocenters. The highest BCUT2D eigenvalue weighted by atomic mass is 19.1. The zero-order valence-corrected chi connectivity index (χ0v) is 21.3. The van der Waals surface area contributed by atoms with E-state index in [0.717, 1.165) is 37.4 Å². The maximum absolute atomic E-state index is 15.5. The first kappa shape index (κ1) is 23.6. The highest BCUT2D eigenvalue weighted by Gasteiger charge is 2.42. The van der Waals surface area contributed by atoms with E-state index < -0.39 is 0 Å². The Morgan fingerprint density at radius 3 is 2.57 bits per heavy atom. The Balaban J connectivity index is 1.32. The maximum Gasteiger partial charge on any atom is 0.164 e. The predicted octanol–water partition coefficient (Wildman–Crippen LogP) is 3.84. The number of pyridine rings is 1. The maximum atomic E-state index is 15.5. The van der Waals surface area contributed by atoms with E-state index in [1.54, 1.807) is 18.3 Å². The summed E-state index contributed by atoms with van der Waals surface area (Å²) in [6, 6.07) is 10.6. The lowest BCUT2D eigenvalue weighted by atomic mass is 10.1. The van der Waals surface area contributed by atoms with Gasteiger partial charge in [-0.2, -0.15) is 5.26 Å². The Hall–Kier alpha value is -3.74. The van der Waals surface area contributed by atoms with E-state index in [9.17, 15) is 5.26 Å². The quantitative estimate of drug-likeness (QED) is 0.401. The summed E-state index contributed by atoms with van der Waals surface area (Å²) in [5.74, 6) is 0.967. The molecule has 2 aliphatic rings. The van der Waals surface area contributed by atoms with Gasteiger partial charge < -0.3 is 4.57 Å². The van der Waals surface area contributed by atoms with E-state index in [1.807, 2.05) is 30.5 Å². The molecule has 2 fully saturated rings. The number of nitrogens with zero attached hydrogens (tertiary/aromatic N) is 8. The van der Waals surface area contributed by atoms with Gasteiger partial charge in [0.2, 0.25) is 0 Å². The molecule has 1 aromatic carbocycles. The smallest absolute Gasteiger partial charge is 0.164 e. The normalized spacial score (nSPS) is 19.6. The van der Waals surface area contributed by atoms with Gasteiger partial charge in [-0.05, 0) is 44.5 Å². The third-order valence-electron chi connectivity index (χ3n) is 7.71. The number of halogens is 1. The van der Waals surface area contributed by atoms with Crippen LogP contribution < -0.4 is 0 Å². The van der Waals surface area contributed by atoms with Crippen molar-refractivity contribution in [3.8, 4) is 17.5 Å². The molecule has 8 nitrogen and oxygen atoms in total. The second-order valence-corrected chi connectivity index (χ2v) is 10.1. The number of piperazine rings is 1. The van der Waals surface area contributed by atoms with E-state index in [0.29, 0.717) is 51.6 Å². The number of hydrogen-bond acceptors (Lipinski definition) is 7. The minimum absolute atomic E-state index is 0.240. The molecule has 0 spiro atoms. The summed E-state index contributed by atoms with van der Waals surface area (Å²) < 4.78 is 17.4. The summed E-state index contributed by atoms with van der Waals surface area (Å²) in [6.45, 7) is 10.2. The molecule has 9 heteroatoms. The SMILES string of the molecule is CCN1CC2CC1CN2Cc1ccc(Cn2c(-c3cncc(C#N)c3)nc3c(C)nc(C)nc32)c(F)c1. The van der Waals surface area contributed by atoms with E-state index in [-0.39, 0.29) is 12.4 Å². The lowest BCUT2D eigenvalue weighted by molar-refractivity contribution is 0.127. The fourth-order valence-electron chi connectivity index (χ4n) is 5.90. The van der Waals surface area contributed by atoms with Crippen molar-refractivity contribution in [2.75, 3.05) is 19.6 Å². The number of hydrogen-bond donors (Lipinski definition) is 0. The average Bonchev–Trinajstić information content (AvgIpc) is 3.58. The molecule has 2 atom stereocenters. The molecule has 0 amide bonds. The Morgan fingerprint density at radius 1 is 1.03 bits per heavy atom. The van der Waals surface area contributed by atoms with E-state index in [1.165, 1.54) is 12.6 Å². The summed E-state index contributed by atoms with van der Waals surface area (Å²) in [6.07, 6.45) is 4.39. The van der Waals surface area contributed by atoms with Crippen LogP contribution >= 0.6 is 0 Å². The summed E-state index contributed by atoms with van der Waals surface area (Å²) in [7, 11) is 0. The predicted molar refractivity (Wildman–Crippen MR) is 138 cm³/mol. The van der Waals surface area contributed by atoms with Crippen LogP contribution in [0.1, 0.15) is 41.6 Å². The minimum atomic E-state index is -0.240. The van der Waals surface area contributed by atoms with Crippen LogP contribution in [0.2, 0.25) is 0 Å². The number of likely N-dealkylation sites (N-methyl/N-ethyl adjacent to an activating group) is 1. The number of aromatic nitrogens is 5. The fraction of sp³-hybridized carbons (Fsp3) is 0.393. The summed E-state index contributed by atoms with van der Waals surface area (Å²) in [4.78, 5) is 23.1. The number of imidazole rings is 1. The number of nitriles is 1. The zero-order chi connectivity index (χ0) is 25.7. The lowest BCUT2D eigenvalue weighted by Crippen LogP contribution is -2.45. The van der Waals surface area contributed by atoms with Gasteiger partial charge in [0, 0.05) is 55.2 Å². The monoisotopic (exact) mass is 496 g/mol. The number of rotatable bonds is 6. The van der Waals surface area contributed by atoms with Crippen LogP contribution in [-0.4, -0.2) is 66.0 Å². The van der Waals surface area contributed by atoms with Crippen LogP contribution in [0.4, 0.5) is 4.39 Å². The molecular formula is C28H29FN8. The van der Waals surface area contributed by atoms with Crippen molar-refractivity contribution in [1.82, 2.24) is 34.3 Å². The van der Waals surface area contributed by atoms with Crippen molar-refractivity contribution in [2.45, 2.75) is 52.4 Å². The summed E-state index contributed by atoms with van der Waals surface area (Å²) >= 11 is 0. The molecule has 4 aromatic rings. The average molecular weight is 497 g/mol. The molecule has 37 heavy (non-hydrogen) atoms. The fourth-order valence-corrected chi connectivity index (χ4v) is 5.90. The van der Waals surface area contributed by atoms with Crippen LogP contribution in [-0.2, 0) is 13.1 Å². The van der Waals surface area contributed by atoms with Crippen LogP contribution in [0.5, 0.6) is 0 Å². The third kappa shape index (κ3) is 4.26. The van der Waals surface area contributed by atoms with Gasteiger partial charge in [0.25, 0.3) is 0 Å². The first-order valence-electron chi connectivity index (χ1n) is 12.8. The third-order valence-corrected chi connectivity index (χ3v) is 7.71. The zero-order valence-electron chi connectivity index (χ0n) is 21.3. The largest absolute Gasteiger partial charge is 0.304 e. The molecule has 2 aliphatic heterocycles. The molecule has 2 bridgehead atoms.